The molecule has 9 heteroatoms. The maximum Gasteiger partial charge on any atom is 0.310 e. The lowest BCUT2D eigenvalue weighted by Crippen LogP contribution is -2.46. The van der Waals surface area contributed by atoms with Crippen LogP contribution in [0.2, 0.25) is 0 Å². The van der Waals surface area contributed by atoms with Crippen molar-refractivity contribution in [2.24, 2.45) is 0 Å². The van der Waals surface area contributed by atoms with Crippen molar-refractivity contribution in [3.05, 3.63) is 12.8 Å². The molecule has 0 aromatic heterocycles. The number of hydrogen-bond donors (Lipinski definition) is 4. The van der Waals surface area contributed by atoms with E-state index >= 15 is 0 Å². The summed E-state index contributed by atoms with van der Waals surface area (Å²) in [5.41, 5.74) is 0. The van der Waals surface area contributed by atoms with Crippen LogP contribution in [0.1, 0.15) is 25.7 Å². The Balaban J connectivity index is 3.93. The summed E-state index contributed by atoms with van der Waals surface area (Å²) in [6.07, 6.45) is -5.37. The Morgan fingerprint density at radius 1 is 1.00 bits per heavy atom. The van der Waals surface area contributed by atoms with Crippen LogP contribution in [0.25, 0.3) is 0 Å². The Labute approximate surface area is 133 Å². The summed E-state index contributed by atoms with van der Waals surface area (Å²) in [5.74, 6) is -1.13. The van der Waals surface area contributed by atoms with Crippen molar-refractivity contribution in [1.82, 2.24) is 0 Å². The minimum absolute atomic E-state index is 0.00396. The molecule has 0 rings (SSSR count). The molecular formula is C14H22O9. The first-order valence-corrected chi connectivity index (χ1v) is 6.97. The van der Waals surface area contributed by atoms with Gasteiger partial charge in [-0.3, -0.25) is 9.59 Å². The van der Waals surface area contributed by atoms with E-state index in [4.69, 9.17) is 5.11 Å². The zero-order chi connectivity index (χ0) is 17.8. The van der Waals surface area contributed by atoms with Crippen molar-refractivity contribution < 1.29 is 44.3 Å². The minimum atomic E-state index is -1.89. The number of esters is 2. The summed E-state index contributed by atoms with van der Waals surface area (Å²) >= 11 is 0. The monoisotopic (exact) mass is 334 g/mol. The zero-order valence-electron chi connectivity index (χ0n) is 12.5. The van der Waals surface area contributed by atoms with E-state index in [0.717, 1.165) is 6.26 Å². The number of aliphatic hydroxyl groups excluding tert-OH is 4. The maximum atomic E-state index is 11.4. The van der Waals surface area contributed by atoms with Gasteiger partial charge in [0.2, 0.25) is 0 Å². The molecule has 0 fully saturated rings. The van der Waals surface area contributed by atoms with Gasteiger partial charge in [0.05, 0.1) is 6.26 Å². The van der Waals surface area contributed by atoms with Gasteiger partial charge in [0.15, 0.2) is 6.29 Å². The fourth-order valence-electron chi connectivity index (χ4n) is 1.55. The number of carbonyl (C=O) groups is 3. The number of aliphatic hydroxyl groups is 4. The molecule has 0 heterocycles. The van der Waals surface area contributed by atoms with E-state index in [1.807, 2.05) is 0 Å². The third-order valence-corrected chi connectivity index (χ3v) is 2.88. The maximum absolute atomic E-state index is 11.4. The van der Waals surface area contributed by atoms with Crippen LogP contribution in [0.15, 0.2) is 12.8 Å². The summed E-state index contributed by atoms with van der Waals surface area (Å²) in [6, 6.07) is 0. The van der Waals surface area contributed by atoms with Gasteiger partial charge in [-0.05, 0) is 12.8 Å². The second kappa shape index (κ2) is 11.7. The fourth-order valence-corrected chi connectivity index (χ4v) is 1.55. The van der Waals surface area contributed by atoms with Gasteiger partial charge in [-0.25, -0.2) is 0 Å². The lowest BCUT2D eigenvalue weighted by atomic mass is 10.0. The molecule has 0 aliphatic rings. The highest BCUT2D eigenvalue weighted by Gasteiger charge is 2.30. The highest BCUT2D eigenvalue weighted by atomic mass is 16.5. The molecule has 4 atom stereocenters. The van der Waals surface area contributed by atoms with Crippen molar-refractivity contribution in [1.29, 1.82) is 0 Å². The van der Waals surface area contributed by atoms with Crippen molar-refractivity contribution in [3.8, 4) is 0 Å². The Kier molecular flexibility index (Phi) is 10.8. The van der Waals surface area contributed by atoms with Crippen molar-refractivity contribution >= 4 is 18.2 Å². The third-order valence-electron chi connectivity index (χ3n) is 2.88. The molecule has 9 nitrogen and oxygen atoms in total. The van der Waals surface area contributed by atoms with Gasteiger partial charge in [0, 0.05) is 12.8 Å². The van der Waals surface area contributed by atoms with Gasteiger partial charge in [-0.2, -0.15) is 0 Å². The predicted octanol–water partition coefficient (Wildman–Crippen LogP) is -1.58. The van der Waals surface area contributed by atoms with Gasteiger partial charge >= 0.3 is 11.9 Å². The van der Waals surface area contributed by atoms with Crippen LogP contribution >= 0.6 is 0 Å². The smallest absolute Gasteiger partial charge is 0.310 e. The second-order valence-corrected chi connectivity index (χ2v) is 4.72. The van der Waals surface area contributed by atoms with Crippen molar-refractivity contribution in [2.45, 2.75) is 50.1 Å². The van der Waals surface area contributed by atoms with Gasteiger partial charge < -0.3 is 34.7 Å². The average Bonchev–Trinajstić information content (AvgIpc) is 2.54. The van der Waals surface area contributed by atoms with Crippen LogP contribution in [0.5, 0.6) is 0 Å². The van der Waals surface area contributed by atoms with Gasteiger partial charge in [-0.15, -0.1) is 0 Å². The van der Waals surface area contributed by atoms with Crippen LogP contribution in [-0.2, 0) is 23.9 Å². The van der Waals surface area contributed by atoms with E-state index in [9.17, 15) is 29.7 Å². The number of aldehydes is 1. The van der Waals surface area contributed by atoms with Crippen LogP contribution in [0.3, 0.4) is 0 Å². The van der Waals surface area contributed by atoms with Crippen molar-refractivity contribution in [3.63, 3.8) is 0 Å². The lowest BCUT2D eigenvalue weighted by Gasteiger charge is -2.23. The largest absolute Gasteiger partial charge is 0.463 e. The molecule has 0 aromatic rings. The van der Waals surface area contributed by atoms with E-state index in [1.54, 1.807) is 0 Å². The topological polar surface area (TPSA) is 151 Å². The minimum Gasteiger partial charge on any atom is -0.463 e. The molecule has 0 aliphatic carbocycles. The molecule has 0 unspecified atom stereocenters. The van der Waals surface area contributed by atoms with E-state index in [0.29, 0.717) is 12.8 Å². The molecule has 0 saturated heterocycles. The highest BCUT2D eigenvalue weighted by Crippen LogP contribution is 2.07. The molecule has 132 valence electrons. The highest BCUT2D eigenvalue weighted by molar-refractivity contribution is 5.70. The quantitative estimate of drug-likeness (QED) is 0.143. The molecule has 23 heavy (non-hydrogen) atoms. The molecule has 0 amide bonds. The fraction of sp³-hybridized carbons (Fsp3) is 0.643. The van der Waals surface area contributed by atoms with Crippen LogP contribution in [0, 0.1) is 0 Å². The number of carbonyl (C=O) groups excluding carboxylic acids is 3. The van der Waals surface area contributed by atoms with Gasteiger partial charge in [-0.1, -0.05) is 6.58 Å². The summed E-state index contributed by atoms with van der Waals surface area (Å²) in [7, 11) is 0. The van der Waals surface area contributed by atoms with Crippen molar-refractivity contribution in [2.75, 3.05) is 6.61 Å². The van der Waals surface area contributed by atoms with Gasteiger partial charge in [0.25, 0.3) is 0 Å². The SMILES string of the molecule is C=COC(=O)CCCCC(=O)OC[C@@H](O)[C@H](O)[C@H](O)[C@@H](O)C=O. The summed E-state index contributed by atoms with van der Waals surface area (Å²) in [6.45, 7) is 2.62. The van der Waals surface area contributed by atoms with Crippen LogP contribution < -0.4 is 0 Å². The predicted molar refractivity (Wildman–Crippen MR) is 75.8 cm³/mol. The standard InChI is InChI=1S/C14H22O9/c1-2-22-11(18)5-3-4-6-12(19)23-8-10(17)14(21)13(20)9(16)7-15/h2,7,9-10,13-14,16-17,20-21H,1,3-6,8H2/t9-,10+,13+,14-/m0/s1. The number of unbranched alkanes of at least 4 members (excludes halogenated alkanes) is 1. The van der Waals surface area contributed by atoms with Crippen LogP contribution in [-0.4, -0.2) is 69.7 Å². The molecule has 0 radical (unpaired) electrons. The first kappa shape index (κ1) is 21.2. The summed E-state index contributed by atoms with van der Waals surface area (Å²) in [5, 5.41) is 37.3. The van der Waals surface area contributed by atoms with E-state index in [2.05, 4.69) is 16.1 Å². The van der Waals surface area contributed by atoms with Gasteiger partial charge in [0.1, 0.15) is 31.0 Å². The second-order valence-electron chi connectivity index (χ2n) is 4.72. The molecule has 0 aliphatic heterocycles. The zero-order valence-corrected chi connectivity index (χ0v) is 12.5. The Morgan fingerprint density at radius 2 is 1.57 bits per heavy atom. The molecule has 0 bridgehead atoms. The lowest BCUT2D eigenvalue weighted by molar-refractivity contribution is -0.156. The molecule has 0 aromatic carbocycles. The average molecular weight is 334 g/mol. The molecular weight excluding hydrogens is 312 g/mol. The first-order chi connectivity index (χ1) is 10.8. The number of ether oxygens (including phenoxy) is 2. The Bertz CT molecular complexity index is 396. The Hall–Kier alpha value is -1.81. The summed E-state index contributed by atoms with van der Waals surface area (Å²) in [4.78, 5) is 32.6. The molecule has 4 N–H and O–H groups in total. The summed E-state index contributed by atoms with van der Waals surface area (Å²) < 4.78 is 9.16. The van der Waals surface area contributed by atoms with Crippen LogP contribution in [0.4, 0.5) is 0 Å². The Morgan fingerprint density at radius 3 is 2.09 bits per heavy atom. The molecule has 0 saturated carbocycles. The third kappa shape index (κ3) is 9.04. The first-order valence-electron chi connectivity index (χ1n) is 6.97. The number of hydrogen-bond acceptors (Lipinski definition) is 9. The number of rotatable bonds is 12. The van der Waals surface area contributed by atoms with E-state index < -0.39 is 43.0 Å². The molecule has 0 spiro atoms. The van der Waals surface area contributed by atoms with E-state index in [1.165, 1.54) is 0 Å². The van der Waals surface area contributed by atoms with E-state index in [-0.39, 0.29) is 19.1 Å². The normalized spacial score (nSPS) is 15.8.